The van der Waals surface area contributed by atoms with Gasteiger partial charge in [0.25, 0.3) is 5.69 Å². The smallest absolute Gasteiger partial charge is 0.296 e. The van der Waals surface area contributed by atoms with E-state index in [1.807, 2.05) is 0 Å². The largest absolute Gasteiger partial charge is 0.494 e. The van der Waals surface area contributed by atoms with Crippen LogP contribution in [-0.4, -0.2) is 27.2 Å². The Morgan fingerprint density at radius 2 is 2.29 bits per heavy atom. The Hall–Kier alpha value is -2.61. The van der Waals surface area contributed by atoms with E-state index in [1.165, 1.54) is 18.3 Å². The highest BCUT2D eigenvalue weighted by Gasteiger charge is 2.20. The van der Waals surface area contributed by atoms with Gasteiger partial charge in [-0.15, -0.1) is 0 Å². The maximum atomic E-state index is 12.3. The summed E-state index contributed by atoms with van der Waals surface area (Å²) in [6.45, 7) is 4.19. The van der Waals surface area contributed by atoms with E-state index in [1.54, 1.807) is 30.8 Å². The van der Waals surface area contributed by atoms with Crippen molar-refractivity contribution in [1.82, 2.24) is 9.78 Å². The van der Waals surface area contributed by atoms with Crippen molar-refractivity contribution in [2.75, 3.05) is 11.9 Å². The molecular formula is C15H17ClN4O4. The second-order valence-corrected chi connectivity index (χ2v) is 5.58. The predicted octanol–water partition coefficient (Wildman–Crippen LogP) is 3.12. The van der Waals surface area contributed by atoms with E-state index in [0.29, 0.717) is 23.9 Å². The highest BCUT2D eigenvalue weighted by Crippen LogP contribution is 2.29. The van der Waals surface area contributed by atoms with Gasteiger partial charge >= 0.3 is 0 Å². The highest BCUT2D eigenvalue weighted by molar-refractivity contribution is 6.30. The van der Waals surface area contributed by atoms with Crippen LogP contribution >= 0.6 is 11.6 Å². The second-order valence-electron chi connectivity index (χ2n) is 5.14. The number of carbonyl (C=O) groups excluding carboxylic acids is 1. The van der Waals surface area contributed by atoms with Gasteiger partial charge in [0.15, 0.2) is 0 Å². The lowest BCUT2D eigenvalue weighted by molar-refractivity contribution is -0.384. The quantitative estimate of drug-likeness (QED) is 0.609. The monoisotopic (exact) mass is 352 g/mol. The van der Waals surface area contributed by atoms with Crippen LogP contribution in [0.4, 0.5) is 11.4 Å². The van der Waals surface area contributed by atoms with Crippen LogP contribution in [-0.2, 0) is 11.3 Å². The predicted molar refractivity (Wildman–Crippen MR) is 89.3 cm³/mol. The van der Waals surface area contributed by atoms with Crippen LogP contribution in [0.3, 0.4) is 0 Å². The number of anilines is 1. The zero-order chi connectivity index (χ0) is 17.7. The molecule has 1 heterocycles. The molecule has 1 aromatic carbocycles. The van der Waals surface area contributed by atoms with Crippen LogP contribution in [0, 0.1) is 16.0 Å². The van der Waals surface area contributed by atoms with Crippen LogP contribution in [0.5, 0.6) is 5.75 Å². The third kappa shape index (κ3) is 4.45. The highest BCUT2D eigenvalue weighted by atomic mass is 35.5. The minimum Gasteiger partial charge on any atom is -0.494 e. The topological polar surface area (TPSA) is 99.3 Å². The van der Waals surface area contributed by atoms with Crippen molar-refractivity contribution < 1.29 is 14.5 Å². The lowest BCUT2D eigenvalue weighted by atomic mass is 10.1. The SMILES string of the molecule is CCOc1ccc(NC(=O)C(C)Cn2cc(Cl)cn2)c([N+](=O)[O-])c1. The van der Waals surface area contributed by atoms with Crippen LogP contribution in [0.25, 0.3) is 0 Å². The molecule has 0 aliphatic carbocycles. The van der Waals surface area contributed by atoms with Gasteiger partial charge in [-0.25, -0.2) is 0 Å². The molecule has 128 valence electrons. The van der Waals surface area contributed by atoms with E-state index in [4.69, 9.17) is 16.3 Å². The Kier molecular flexibility index (Phi) is 5.75. The molecule has 0 fully saturated rings. The van der Waals surface area contributed by atoms with Crippen molar-refractivity contribution in [2.45, 2.75) is 20.4 Å². The third-order valence-corrected chi connectivity index (χ3v) is 3.44. The van der Waals surface area contributed by atoms with Crippen molar-refractivity contribution in [3.8, 4) is 5.75 Å². The first-order valence-corrected chi connectivity index (χ1v) is 7.68. The van der Waals surface area contributed by atoms with E-state index in [-0.39, 0.29) is 17.3 Å². The van der Waals surface area contributed by atoms with Crippen molar-refractivity contribution >= 4 is 28.9 Å². The number of nitro benzene ring substituents is 1. The molecule has 24 heavy (non-hydrogen) atoms. The van der Waals surface area contributed by atoms with Gasteiger partial charge in [-0.1, -0.05) is 18.5 Å². The van der Waals surface area contributed by atoms with E-state index >= 15 is 0 Å². The normalized spacial score (nSPS) is 11.8. The molecule has 0 aliphatic heterocycles. The summed E-state index contributed by atoms with van der Waals surface area (Å²) in [5.74, 6) is -0.428. The van der Waals surface area contributed by atoms with Crippen LogP contribution in [0.2, 0.25) is 5.02 Å². The molecule has 0 radical (unpaired) electrons. The molecule has 1 amide bonds. The average molecular weight is 353 g/mol. The number of amides is 1. The first kappa shape index (κ1) is 17.7. The average Bonchev–Trinajstić information content (AvgIpc) is 2.93. The Bertz CT molecular complexity index is 747. The molecule has 0 aliphatic rings. The minimum atomic E-state index is -0.559. The molecule has 9 heteroatoms. The fraction of sp³-hybridized carbons (Fsp3) is 0.333. The molecule has 1 unspecified atom stereocenters. The zero-order valence-corrected chi connectivity index (χ0v) is 14.0. The first-order valence-electron chi connectivity index (χ1n) is 7.30. The molecule has 1 atom stereocenters. The number of carbonyl (C=O) groups is 1. The summed E-state index contributed by atoms with van der Waals surface area (Å²) >= 11 is 5.78. The maximum absolute atomic E-state index is 12.3. The lowest BCUT2D eigenvalue weighted by Crippen LogP contribution is -2.25. The van der Waals surface area contributed by atoms with Gasteiger partial charge in [-0.2, -0.15) is 5.10 Å². The molecule has 2 rings (SSSR count). The number of ether oxygens (including phenoxy) is 1. The molecule has 8 nitrogen and oxygen atoms in total. The van der Waals surface area contributed by atoms with E-state index < -0.39 is 10.8 Å². The van der Waals surface area contributed by atoms with Crippen LogP contribution in [0.15, 0.2) is 30.6 Å². The van der Waals surface area contributed by atoms with Gasteiger partial charge < -0.3 is 10.1 Å². The Morgan fingerprint density at radius 3 is 2.88 bits per heavy atom. The number of hydrogen-bond donors (Lipinski definition) is 1. The number of hydrogen-bond acceptors (Lipinski definition) is 5. The number of nitrogens with zero attached hydrogens (tertiary/aromatic N) is 3. The number of halogens is 1. The fourth-order valence-corrected chi connectivity index (χ4v) is 2.24. The van der Waals surface area contributed by atoms with Gasteiger partial charge in [0.05, 0.1) is 41.3 Å². The van der Waals surface area contributed by atoms with Gasteiger partial charge in [0.1, 0.15) is 11.4 Å². The molecule has 2 aromatic rings. The number of rotatable bonds is 7. The summed E-state index contributed by atoms with van der Waals surface area (Å²) in [6.07, 6.45) is 3.08. The van der Waals surface area contributed by atoms with Gasteiger partial charge in [0, 0.05) is 6.20 Å². The van der Waals surface area contributed by atoms with Crippen molar-refractivity contribution in [2.24, 2.45) is 5.92 Å². The van der Waals surface area contributed by atoms with E-state index in [2.05, 4.69) is 10.4 Å². The zero-order valence-electron chi connectivity index (χ0n) is 13.2. The van der Waals surface area contributed by atoms with Crippen LogP contribution < -0.4 is 10.1 Å². The number of nitro groups is 1. The third-order valence-electron chi connectivity index (χ3n) is 3.25. The molecule has 1 aromatic heterocycles. The minimum absolute atomic E-state index is 0.124. The molecule has 0 saturated heterocycles. The molecule has 0 bridgehead atoms. The molecule has 0 saturated carbocycles. The summed E-state index contributed by atoms with van der Waals surface area (Å²) in [5.41, 5.74) is -0.0950. The van der Waals surface area contributed by atoms with Gasteiger partial charge in [-0.3, -0.25) is 19.6 Å². The van der Waals surface area contributed by atoms with E-state index in [9.17, 15) is 14.9 Å². The summed E-state index contributed by atoms with van der Waals surface area (Å²) in [4.78, 5) is 22.9. The fourth-order valence-electron chi connectivity index (χ4n) is 2.08. The van der Waals surface area contributed by atoms with Crippen molar-refractivity contribution in [3.05, 3.63) is 45.7 Å². The number of aromatic nitrogens is 2. The summed E-state index contributed by atoms with van der Waals surface area (Å²) in [6, 6.07) is 4.32. The Morgan fingerprint density at radius 1 is 1.54 bits per heavy atom. The maximum Gasteiger partial charge on any atom is 0.296 e. The molecular weight excluding hydrogens is 336 g/mol. The van der Waals surface area contributed by atoms with Crippen molar-refractivity contribution in [1.29, 1.82) is 0 Å². The Balaban J connectivity index is 2.11. The summed E-state index contributed by atoms with van der Waals surface area (Å²) in [7, 11) is 0. The summed E-state index contributed by atoms with van der Waals surface area (Å²) < 4.78 is 6.79. The van der Waals surface area contributed by atoms with Crippen LogP contribution in [0.1, 0.15) is 13.8 Å². The lowest BCUT2D eigenvalue weighted by Gasteiger charge is -2.13. The molecule has 0 spiro atoms. The standard InChI is InChI=1S/C15H17ClN4O4/c1-3-24-12-4-5-13(14(6-12)20(22)23)18-15(21)10(2)8-19-9-11(16)7-17-19/h4-7,9-10H,3,8H2,1-2H3,(H,18,21). The number of nitrogens with one attached hydrogen (secondary N) is 1. The van der Waals surface area contributed by atoms with Crippen molar-refractivity contribution in [3.63, 3.8) is 0 Å². The second kappa shape index (κ2) is 7.78. The number of benzene rings is 1. The molecule has 1 N–H and O–H groups in total. The summed E-state index contributed by atoms with van der Waals surface area (Å²) in [5, 5.41) is 18.3. The van der Waals surface area contributed by atoms with Gasteiger partial charge in [0.2, 0.25) is 5.91 Å². The Labute approximate surface area is 143 Å². The van der Waals surface area contributed by atoms with Gasteiger partial charge in [-0.05, 0) is 19.1 Å². The van der Waals surface area contributed by atoms with E-state index in [0.717, 1.165) is 0 Å². The first-order chi connectivity index (χ1) is 11.4.